The molecule has 0 saturated carbocycles. The molecule has 2 aromatic carbocycles. The number of nitrogens with zero attached hydrogens (tertiary/aromatic N) is 3. The van der Waals surface area contributed by atoms with Gasteiger partial charge in [0.25, 0.3) is 0 Å². The number of anilines is 1. The zero-order valence-corrected chi connectivity index (χ0v) is 17.3. The highest BCUT2D eigenvalue weighted by Crippen LogP contribution is 2.26. The van der Waals surface area contributed by atoms with Crippen molar-refractivity contribution in [3.05, 3.63) is 65.9 Å². The van der Waals surface area contributed by atoms with Gasteiger partial charge in [-0.25, -0.2) is 0 Å². The first-order chi connectivity index (χ1) is 14.8. The van der Waals surface area contributed by atoms with Crippen molar-refractivity contribution >= 4 is 33.7 Å². The Morgan fingerprint density at radius 3 is 2.97 bits per heavy atom. The third-order valence-electron chi connectivity index (χ3n) is 5.49. The molecule has 1 aliphatic heterocycles. The Balaban J connectivity index is 1.24. The van der Waals surface area contributed by atoms with E-state index in [4.69, 9.17) is 4.52 Å². The number of hydrogen-bond acceptors (Lipinski definition) is 6. The number of hydrogen-bond donors (Lipinski definition) is 1. The van der Waals surface area contributed by atoms with E-state index in [1.165, 1.54) is 0 Å². The normalized spacial score (nSPS) is 17.3. The molecule has 1 atom stereocenters. The number of amides is 1. The fourth-order valence-electron chi connectivity index (χ4n) is 4.00. The number of benzene rings is 2. The molecule has 5 rings (SSSR count). The lowest BCUT2D eigenvalue weighted by molar-refractivity contribution is -0.121. The molecular formula is C23H22N4O2S. The van der Waals surface area contributed by atoms with Crippen LogP contribution in [0.2, 0.25) is 0 Å². The van der Waals surface area contributed by atoms with E-state index >= 15 is 0 Å². The Hall–Kier alpha value is -3.03. The summed E-state index contributed by atoms with van der Waals surface area (Å²) in [5.74, 6) is 1.23. The van der Waals surface area contributed by atoms with E-state index in [0.717, 1.165) is 40.7 Å². The maximum absolute atomic E-state index is 13.0. The maximum atomic E-state index is 13.0. The molecule has 1 aliphatic rings. The van der Waals surface area contributed by atoms with Crippen molar-refractivity contribution in [1.82, 2.24) is 15.0 Å². The van der Waals surface area contributed by atoms with Gasteiger partial charge < -0.3 is 9.84 Å². The topological polar surface area (TPSA) is 71.3 Å². The molecule has 0 aliphatic carbocycles. The summed E-state index contributed by atoms with van der Waals surface area (Å²) in [4.78, 5) is 20.7. The monoisotopic (exact) mass is 418 g/mol. The molecule has 1 N–H and O–H groups in total. The van der Waals surface area contributed by atoms with Crippen LogP contribution < -0.4 is 5.32 Å². The zero-order valence-electron chi connectivity index (χ0n) is 16.5. The number of carbonyl (C=O) groups is 1. The maximum Gasteiger partial charge on any atom is 0.241 e. The van der Waals surface area contributed by atoms with Crippen LogP contribution in [0.15, 0.2) is 64.5 Å². The van der Waals surface area contributed by atoms with E-state index in [2.05, 4.69) is 32.5 Å². The van der Waals surface area contributed by atoms with Crippen LogP contribution in [0.25, 0.3) is 21.5 Å². The van der Waals surface area contributed by atoms with Crippen LogP contribution in [0.3, 0.4) is 0 Å². The van der Waals surface area contributed by atoms with Crippen LogP contribution in [-0.2, 0) is 11.3 Å². The number of nitrogens with one attached hydrogen (secondary N) is 1. The predicted octanol–water partition coefficient (Wildman–Crippen LogP) is 4.80. The molecule has 152 valence electrons. The first-order valence-electron chi connectivity index (χ1n) is 10.1. The molecule has 1 unspecified atom stereocenters. The molecule has 0 radical (unpaired) electrons. The molecule has 6 nitrogen and oxygen atoms in total. The number of thiophene rings is 1. The molecule has 1 amide bonds. The molecular weight excluding hydrogens is 396 g/mol. The highest BCUT2D eigenvalue weighted by Gasteiger charge is 2.27. The molecule has 1 fully saturated rings. The molecule has 0 bridgehead atoms. The summed E-state index contributed by atoms with van der Waals surface area (Å²) in [6.45, 7) is 2.18. The largest absolute Gasteiger partial charge is 0.338 e. The number of likely N-dealkylation sites (tertiary alicyclic amines) is 1. The summed E-state index contributed by atoms with van der Waals surface area (Å²) in [6.07, 6.45) is 1.86. The fourth-order valence-corrected chi connectivity index (χ4v) is 4.65. The van der Waals surface area contributed by atoms with E-state index in [-0.39, 0.29) is 11.8 Å². The first kappa shape index (κ1) is 19.0. The number of aromatic nitrogens is 2. The molecule has 2 aromatic heterocycles. The standard InChI is InChI=1S/C23H22N4O2S/c28-23(24-19-10-3-7-16-6-1-2-9-18(16)19)17-8-4-12-27(14-17)15-21-25-22(26-29-21)20-11-5-13-30-20/h1-3,5-7,9-11,13,17H,4,8,12,14-15H2,(H,24,28). The summed E-state index contributed by atoms with van der Waals surface area (Å²) in [6, 6.07) is 18.1. The first-order valence-corrected chi connectivity index (χ1v) is 11.0. The Morgan fingerprint density at radius 2 is 2.07 bits per heavy atom. The Kier molecular flexibility index (Phi) is 5.29. The quantitative estimate of drug-likeness (QED) is 0.504. The van der Waals surface area contributed by atoms with Crippen molar-refractivity contribution in [2.45, 2.75) is 19.4 Å². The third-order valence-corrected chi connectivity index (χ3v) is 6.36. The second-order valence-corrected chi connectivity index (χ2v) is 8.53. The zero-order chi connectivity index (χ0) is 20.3. The lowest BCUT2D eigenvalue weighted by Gasteiger charge is -2.31. The molecule has 4 aromatic rings. The van der Waals surface area contributed by atoms with Crippen LogP contribution in [0.5, 0.6) is 0 Å². The smallest absolute Gasteiger partial charge is 0.241 e. The van der Waals surface area contributed by atoms with Gasteiger partial charge in [-0.05, 0) is 42.3 Å². The Labute approximate surface area is 178 Å². The van der Waals surface area contributed by atoms with Gasteiger partial charge in [0.15, 0.2) is 0 Å². The summed E-state index contributed by atoms with van der Waals surface area (Å²) in [7, 11) is 0. The summed E-state index contributed by atoms with van der Waals surface area (Å²) in [5.41, 5.74) is 0.868. The highest BCUT2D eigenvalue weighted by molar-refractivity contribution is 7.13. The SMILES string of the molecule is O=C(Nc1cccc2ccccc12)C1CCCN(Cc2nc(-c3cccs3)no2)C1. The Bertz CT molecular complexity index is 1150. The van der Waals surface area contributed by atoms with E-state index in [1.54, 1.807) is 11.3 Å². The number of piperidine rings is 1. The summed E-state index contributed by atoms with van der Waals surface area (Å²) in [5, 5.41) is 11.4. The van der Waals surface area contributed by atoms with Gasteiger partial charge in [0.2, 0.25) is 17.6 Å². The minimum Gasteiger partial charge on any atom is -0.338 e. The molecule has 3 heterocycles. The predicted molar refractivity (Wildman–Crippen MR) is 118 cm³/mol. The molecule has 0 spiro atoms. The van der Waals surface area contributed by atoms with Crippen molar-refractivity contribution in [3.8, 4) is 10.7 Å². The molecule has 30 heavy (non-hydrogen) atoms. The molecule has 7 heteroatoms. The van der Waals surface area contributed by atoms with Crippen LogP contribution in [0.4, 0.5) is 5.69 Å². The molecule has 1 saturated heterocycles. The summed E-state index contributed by atoms with van der Waals surface area (Å²) >= 11 is 1.59. The highest BCUT2D eigenvalue weighted by atomic mass is 32.1. The number of rotatable bonds is 5. The van der Waals surface area contributed by atoms with Gasteiger partial charge in [-0.2, -0.15) is 4.98 Å². The van der Waals surface area contributed by atoms with E-state index < -0.39 is 0 Å². The lowest BCUT2D eigenvalue weighted by atomic mass is 9.96. The van der Waals surface area contributed by atoms with Crippen LogP contribution in [-0.4, -0.2) is 34.0 Å². The van der Waals surface area contributed by atoms with Crippen LogP contribution in [0.1, 0.15) is 18.7 Å². The second-order valence-electron chi connectivity index (χ2n) is 7.58. The average molecular weight is 419 g/mol. The Morgan fingerprint density at radius 1 is 1.17 bits per heavy atom. The van der Waals surface area contributed by atoms with Gasteiger partial charge in [0.05, 0.1) is 17.3 Å². The van der Waals surface area contributed by atoms with E-state index in [0.29, 0.717) is 24.8 Å². The lowest BCUT2D eigenvalue weighted by Crippen LogP contribution is -2.40. The fraction of sp³-hybridized carbons (Fsp3) is 0.261. The van der Waals surface area contributed by atoms with E-state index in [1.807, 2.05) is 47.8 Å². The van der Waals surface area contributed by atoms with Gasteiger partial charge in [-0.3, -0.25) is 9.69 Å². The van der Waals surface area contributed by atoms with Crippen molar-refractivity contribution in [3.63, 3.8) is 0 Å². The van der Waals surface area contributed by atoms with Gasteiger partial charge in [0.1, 0.15) is 0 Å². The van der Waals surface area contributed by atoms with Crippen molar-refractivity contribution in [2.75, 3.05) is 18.4 Å². The van der Waals surface area contributed by atoms with E-state index in [9.17, 15) is 4.79 Å². The average Bonchev–Trinajstić information content (AvgIpc) is 3.46. The van der Waals surface area contributed by atoms with Crippen LogP contribution in [0, 0.1) is 5.92 Å². The van der Waals surface area contributed by atoms with Crippen molar-refractivity contribution < 1.29 is 9.32 Å². The van der Waals surface area contributed by atoms with Crippen molar-refractivity contribution in [2.24, 2.45) is 5.92 Å². The van der Waals surface area contributed by atoms with Crippen molar-refractivity contribution in [1.29, 1.82) is 0 Å². The van der Waals surface area contributed by atoms with Gasteiger partial charge >= 0.3 is 0 Å². The van der Waals surface area contributed by atoms with Gasteiger partial charge in [-0.1, -0.05) is 47.6 Å². The number of fused-ring (bicyclic) bond motifs is 1. The third kappa shape index (κ3) is 3.99. The summed E-state index contributed by atoms with van der Waals surface area (Å²) < 4.78 is 5.43. The van der Waals surface area contributed by atoms with Crippen LogP contribution >= 0.6 is 11.3 Å². The minimum atomic E-state index is -0.0580. The van der Waals surface area contributed by atoms with Gasteiger partial charge in [0, 0.05) is 17.6 Å². The second kappa shape index (κ2) is 8.38. The number of carbonyl (C=O) groups excluding carboxylic acids is 1. The van der Waals surface area contributed by atoms with Gasteiger partial charge in [-0.15, -0.1) is 11.3 Å². The minimum absolute atomic E-state index is 0.0580.